The Morgan fingerprint density at radius 3 is 2.25 bits per heavy atom. The van der Waals surface area contributed by atoms with Crippen LogP contribution in [0.4, 0.5) is 4.39 Å². The number of rotatable bonds is 4. The van der Waals surface area contributed by atoms with Gasteiger partial charge in [-0.25, -0.2) is 4.39 Å². The maximum atomic E-state index is 12.9. The molecule has 1 fully saturated rings. The van der Waals surface area contributed by atoms with Crippen molar-refractivity contribution in [3.05, 3.63) is 52.2 Å². The average molecular weight is 291 g/mol. The van der Waals surface area contributed by atoms with Crippen molar-refractivity contribution in [1.29, 1.82) is 0 Å². The zero-order chi connectivity index (χ0) is 13.8. The molecule has 20 heavy (non-hydrogen) atoms. The first-order valence-electron chi connectivity index (χ1n) is 6.86. The van der Waals surface area contributed by atoms with Gasteiger partial charge in [0.1, 0.15) is 5.82 Å². The van der Waals surface area contributed by atoms with Crippen LogP contribution in [0.3, 0.4) is 0 Å². The average Bonchev–Trinajstić information content (AvgIpc) is 2.96. The molecule has 2 heterocycles. The second kappa shape index (κ2) is 6.43. The maximum Gasteiger partial charge on any atom is 0.123 e. The number of hydrogen-bond acceptors (Lipinski definition) is 4. The fourth-order valence-corrected chi connectivity index (χ4v) is 3.13. The normalized spacial score (nSPS) is 17.4. The smallest absolute Gasteiger partial charge is 0.123 e. The molecule has 0 amide bonds. The molecule has 1 saturated heterocycles. The van der Waals surface area contributed by atoms with Crippen molar-refractivity contribution < 1.29 is 4.39 Å². The fraction of sp³-hybridized carbons (Fsp3) is 0.400. The Kier molecular flexibility index (Phi) is 4.40. The molecule has 1 aromatic heterocycles. The Morgan fingerprint density at radius 2 is 1.65 bits per heavy atom. The predicted molar refractivity (Wildman–Crippen MR) is 79.1 cm³/mol. The number of piperazine rings is 1. The van der Waals surface area contributed by atoms with Crippen molar-refractivity contribution in [1.82, 2.24) is 14.8 Å². The van der Waals surface area contributed by atoms with E-state index in [4.69, 9.17) is 0 Å². The molecule has 0 bridgehead atoms. The molecule has 5 heteroatoms. The van der Waals surface area contributed by atoms with Gasteiger partial charge >= 0.3 is 0 Å². The number of nitrogens with zero attached hydrogens (tertiary/aromatic N) is 3. The second-order valence-electron chi connectivity index (χ2n) is 5.15. The molecule has 0 atom stereocenters. The van der Waals surface area contributed by atoms with Gasteiger partial charge in [0.2, 0.25) is 0 Å². The van der Waals surface area contributed by atoms with Gasteiger partial charge in [0, 0.05) is 50.3 Å². The molecule has 1 aliphatic rings. The van der Waals surface area contributed by atoms with Crippen LogP contribution in [-0.2, 0) is 13.1 Å². The maximum absolute atomic E-state index is 12.9. The molecule has 3 nitrogen and oxygen atoms in total. The first-order chi connectivity index (χ1) is 9.79. The van der Waals surface area contributed by atoms with Gasteiger partial charge in [0.05, 0.1) is 5.51 Å². The Hall–Kier alpha value is -1.30. The van der Waals surface area contributed by atoms with Crippen LogP contribution >= 0.6 is 11.3 Å². The summed E-state index contributed by atoms with van der Waals surface area (Å²) in [5, 5.41) is 0. The lowest BCUT2D eigenvalue weighted by Crippen LogP contribution is -2.45. The summed E-state index contributed by atoms with van der Waals surface area (Å²) in [7, 11) is 0. The Labute approximate surface area is 122 Å². The van der Waals surface area contributed by atoms with E-state index in [1.165, 1.54) is 22.6 Å². The summed E-state index contributed by atoms with van der Waals surface area (Å²) in [6.45, 7) is 6.22. The van der Waals surface area contributed by atoms with Crippen LogP contribution in [0.5, 0.6) is 0 Å². The lowest BCUT2D eigenvalue weighted by Gasteiger charge is -2.34. The molecule has 106 valence electrons. The molecular weight excluding hydrogens is 273 g/mol. The van der Waals surface area contributed by atoms with E-state index < -0.39 is 0 Å². The van der Waals surface area contributed by atoms with E-state index >= 15 is 0 Å². The van der Waals surface area contributed by atoms with Gasteiger partial charge in [0.25, 0.3) is 0 Å². The van der Waals surface area contributed by atoms with Gasteiger partial charge in [-0.05, 0) is 17.7 Å². The molecule has 1 aliphatic heterocycles. The summed E-state index contributed by atoms with van der Waals surface area (Å²) in [6.07, 6.45) is 1.95. The van der Waals surface area contributed by atoms with Crippen molar-refractivity contribution in [2.24, 2.45) is 0 Å². The molecule has 0 aliphatic carbocycles. The molecule has 0 spiro atoms. The lowest BCUT2D eigenvalue weighted by atomic mass is 10.2. The highest BCUT2D eigenvalue weighted by Crippen LogP contribution is 2.13. The molecule has 2 aromatic rings. The molecule has 0 radical (unpaired) electrons. The zero-order valence-electron chi connectivity index (χ0n) is 11.3. The van der Waals surface area contributed by atoms with E-state index in [1.807, 2.05) is 23.8 Å². The summed E-state index contributed by atoms with van der Waals surface area (Å²) >= 11 is 1.72. The molecular formula is C15H18FN3S. The number of halogens is 1. The summed E-state index contributed by atoms with van der Waals surface area (Å²) < 4.78 is 12.9. The third kappa shape index (κ3) is 3.62. The van der Waals surface area contributed by atoms with Gasteiger partial charge in [-0.1, -0.05) is 12.1 Å². The fourth-order valence-electron chi connectivity index (χ4n) is 2.49. The van der Waals surface area contributed by atoms with Crippen LogP contribution in [0.25, 0.3) is 0 Å². The minimum atomic E-state index is -0.164. The molecule has 0 saturated carbocycles. The summed E-state index contributed by atoms with van der Waals surface area (Å²) in [5.74, 6) is -0.164. The van der Waals surface area contributed by atoms with Crippen molar-refractivity contribution in [2.75, 3.05) is 26.2 Å². The monoisotopic (exact) mass is 291 g/mol. The van der Waals surface area contributed by atoms with Crippen LogP contribution in [0.15, 0.2) is 36.0 Å². The van der Waals surface area contributed by atoms with Crippen LogP contribution in [-0.4, -0.2) is 41.0 Å². The summed E-state index contributed by atoms with van der Waals surface area (Å²) in [6, 6.07) is 6.82. The number of aromatic nitrogens is 1. The van der Waals surface area contributed by atoms with Crippen molar-refractivity contribution in [3.63, 3.8) is 0 Å². The molecule has 3 rings (SSSR count). The van der Waals surface area contributed by atoms with Crippen LogP contribution < -0.4 is 0 Å². The van der Waals surface area contributed by atoms with Gasteiger partial charge < -0.3 is 0 Å². The Morgan fingerprint density at radius 1 is 1.00 bits per heavy atom. The largest absolute Gasteiger partial charge is 0.297 e. The van der Waals surface area contributed by atoms with E-state index in [-0.39, 0.29) is 5.82 Å². The van der Waals surface area contributed by atoms with E-state index in [0.717, 1.165) is 39.3 Å². The zero-order valence-corrected chi connectivity index (χ0v) is 12.2. The highest BCUT2D eigenvalue weighted by Gasteiger charge is 2.17. The number of benzene rings is 1. The van der Waals surface area contributed by atoms with Gasteiger partial charge in [-0.2, -0.15) is 0 Å². The molecule has 1 aromatic carbocycles. The third-order valence-electron chi connectivity index (χ3n) is 3.65. The van der Waals surface area contributed by atoms with E-state index in [0.29, 0.717) is 0 Å². The number of hydrogen-bond donors (Lipinski definition) is 0. The van der Waals surface area contributed by atoms with Crippen LogP contribution in [0.1, 0.15) is 10.4 Å². The quantitative estimate of drug-likeness (QED) is 0.863. The summed E-state index contributed by atoms with van der Waals surface area (Å²) in [5.41, 5.74) is 3.07. The summed E-state index contributed by atoms with van der Waals surface area (Å²) in [4.78, 5) is 10.3. The first kappa shape index (κ1) is 13.7. The standard InChI is InChI=1S/C15H18FN3S/c16-14-3-1-13(2-4-14)10-18-5-7-19(8-6-18)11-15-9-17-12-20-15/h1-4,9,12H,5-8,10-11H2. The SMILES string of the molecule is Fc1ccc(CN2CCN(Cc3cncs3)CC2)cc1. The van der Waals surface area contributed by atoms with E-state index in [9.17, 15) is 4.39 Å². The third-order valence-corrected chi connectivity index (χ3v) is 4.41. The van der Waals surface area contributed by atoms with Gasteiger partial charge in [-0.3, -0.25) is 14.8 Å². The van der Waals surface area contributed by atoms with Crippen molar-refractivity contribution >= 4 is 11.3 Å². The van der Waals surface area contributed by atoms with E-state index in [1.54, 1.807) is 11.3 Å². The second-order valence-corrected chi connectivity index (χ2v) is 6.12. The van der Waals surface area contributed by atoms with Crippen molar-refractivity contribution in [3.8, 4) is 0 Å². The number of thiazole rings is 1. The first-order valence-corrected chi connectivity index (χ1v) is 7.74. The topological polar surface area (TPSA) is 19.4 Å². The van der Waals surface area contributed by atoms with Gasteiger partial charge in [0.15, 0.2) is 0 Å². The lowest BCUT2D eigenvalue weighted by molar-refractivity contribution is 0.123. The molecule has 0 N–H and O–H groups in total. The highest BCUT2D eigenvalue weighted by molar-refractivity contribution is 7.09. The van der Waals surface area contributed by atoms with E-state index in [2.05, 4.69) is 14.8 Å². The van der Waals surface area contributed by atoms with Crippen LogP contribution in [0, 0.1) is 5.82 Å². The van der Waals surface area contributed by atoms with Crippen LogP contribution in [0.2, 0.25) is 0 Å². The minimum absolute atomic E-state index is 0.164. The highest BCUT2D eigenvalue weighted by atomic mass is 32.1. The Balaban J connectivity index is 1.47. The van der Waals surface area contributed by atoms with Gasteiger partial charge in [-0.15, -0.1) is 11.3 Å². The molecule has 0 unspecified atom stereocenters. The van der Waals surface area contributed by atoms with Crippen molar-refractivity contribution in [2.45, 2.75) is 13.1 Å². The predicted octanol–water partition coefficient (Wildman–Crippen LogP) is 2.60. The Bertz CT molecular complexity index is 519. The minimum Gasteiger partial charge on any atom is -0.297 e.